The Balaban J connectivity index is 0.000000292. The standard InChI is InChI=1S/C13H13FN4O2.C7H5N/c14-10-4-2-1-3-8(10)12-9(7-17-18-12)13(20)16-6-5-11(15)19;8-6-7-4-2-1-3-5-7/h1-4,7H,5-6H2,(H2,15,19)(H,16,20)(H,17,18);1-5H. The highest BCUT2D eigenvalue weighted by molar-refractivity contribution is 5.99. The number of nitriles is 1. The SMILES string of the molecule is N#Cc1ccccc1.NC(=O)CCNC(=O)c1cn[nH]c1-c1ccccc1F. The highest BCUT2D eigenvalue weighted by Gasteiger charge is 2.17. The van der Waals surface area contributed by atoms with Crippen LogP contribution in [0.2, 0.25) is 0 Å². The maximum atomic E-state index is 13.7. The zero-order valence-corrected chi connectivity index (χ0v) is 14.9. The summed E-state index contributed by atoms with van der Waals surface area (Å²) < 4.78 is 13.7. The molecule has 7 nitrogen and oxygen atoms in total. The van der Waals surface area contributed by atoms with Gasteiger partial charge in [0.25, 0.3) is 5.91 Å². The minimum atomic E-state index is -0.508. The van der Waals surface area contributed by atoms with E-state index in [-0.39, 0.29) is 24.1 Å². The second-order valence-corrected chi connectivity index (χ2v) is 5.59. The zero-order chi connectivity index (χ0) is 20.4. The van der Waals surface area contributed by atoms with Crippen molar-refractivity contribution in [3.8, 4) is 17.3 Å². The lowest BCUT2D eigenvalue weighted by molar-refractivity contribution is -0.117. The second-order valence-electron chi connectivity index (χ2n) is 5.59. The van der Waals surface area contributed by atoms with E-state index in [0.29, 0.717) is 11.3 Å². The maximum Gasteiger partial charge on any atom is 0.255 e. The van der Waals surface area contributed by atoms with Crippen molar-refractivity contribution in [2.45, 2.75) is 6.42 Å². The average molecular weight is 379 g/mol. The fraction of sp³-hybridized carbons (Fsp3) is 0.100. The van der Waals surface area contributed by atoms with Gasteiger partial charge in [0, 0.05) is 18.5 Å². The Morgan fingerprint density at radius 3 is 2.43 bits per heavy atom. The van der Waals surface area contributed by atoms with Gasteiger partial charge in [-0.25, -0.2) is 4.39 Å². The van der Waals surface area contributed by atoms with Crippen LogP contribution in [0.3, 0.4) is 0 Å². The van der Waals surface area contributed by atoms with Gasteiger partial charge < -0.3 is 11.1 Å². The van der Waals surface area contributed by atoms with Crippen LogP contribution in [0.15, 0.2) is 60.8 Å². The Kier molecular flexibility index (Phi) is 7.43. The van der Waals surface area contributed by atoms with E-state index in [0.717, 1.165) is 0 Å². The van der Waals surface area contributed by atoms with Crippen LogP contribution in [0.1, 0.15) is 22.3 Å². The first-order valence-corrected chi connectivity index (χ1v) is 8.33. The van der Waals surface area contributed by atoms with Crippen molar-refractivity contribution in [3.63, 3.8) is 0 Å². The Bertz CT molecular complexity index is 980. The van der Waals surface area contributed by atoms with E-state index in [4.69, 9.17) is 11.0 Å². The van der Waals surface area contributed by atoms with E-state index in [9.17, 15) is 14.0 Å². The number of hydrogen-bond donors (Lipinski definition) is 3. The molecular weight excluding hydrogens is 361 g/mol. The van der Waals surface area contributed by atoms with Crippen LogP contribution in [-0.2, 0) is 4.79 Å². The van der Waals surface area contributed by atoms with Gasteiger partial charge in [0.2, 0.25) is 5.91 Å². The first-order valence-electron chi connectivity index (χ1n) is 8.33. The largest absolute Gasteiger partial charge is 0.370 e. The number of H-pyrrole nitrogens is 1. The molecule has 0 saturated heterocycles. The normalized spacial score (nSPS) is 9.57. The molecule has 2 aromatic carbocycles. The van der Waals surface area contributed by atoms with Gasteiger partial charge >= 0.3 is 0 Å². The molecule has 1 heterocycles. The summed E-state index contributed by atoms with van der Waals surface area (Å²) in [6.45, 7) is 0.121. The number of amides is 2. The average Bonchev–Trinajstić information content (AvgIpc) is 3.19. The number of halogens is 1. The summed E-state index contributed by atoms with van der Waals surface area (Å²) in [4.78, 5) is 22.6. The van der Waals surface area contributed by atoms with Crippen LogP contribution in [-0.4, -0.2) is 28.6 Å². The number of primary amides is 1. The molecule has 3 rings (SSSR count). The summed E-state index contributed by atoms with van der Waals surface area (Å²) in [5, 5.41) is 17.2. The number of rotatable bonds is 5. The Hall–Kier alpha value is -3.99. The van der Waals surface area contributed by atoms with E-state index in [1.165, 1.54) is 12.3 Å². The van der Waals surface area contributed by atoms with Crippen LogP contribution in [0.4, 0.5) is 4.39 Å². The Labute approximate surface area is 161 Å². The van der Waals surface area contributed by atoms with E-state index in [2.05, 4.69) is 15.5 Å². The molecule has 2 amide bonds. The molecule has 4 N–H and O–H groups in total. The van der Waals surface area contributed by atoms with Gasteiger partial charge in [-0.15, -0.1) is 0 Å². The van der Waals surface area contributed by atoms with Crippen molar-refractivity contribution in [1.29, 1.82) is 5.26 Å². The van der Waals surface area contributed by atoms with E-state index in [1.807, 2.05) is 24.3 Å². The number of nitrogens with zero attached hydrogens (tertiary/aromatic N) is 2. The molecule has 1 aromatic heterocycles. The van der Waals surface area contributed by atoms with Crippen LogP contribution in [0, 0.1) is 17.1 Å². The molecule has 0 unspecified atom stereocenters. The fourth-order valence-corrected chi connectivity index (χ4v) is 2.23. The number of carbonyl (C=O) groups is 2. The van der Waals surface area contributed by atoms with Crippen LogP contribution in [0.5, 0.6) is 0 Å². The highest BCUT2D eigenvalue weighted by Crippen LogP contribution is 2.23. The fourth-order valence-electron chi connectivity index (χ4n) is 2.23. The molecule has 0 radical (unpaired) electrons. The molecule has 28 heavy (non-hydrogen) atoms. The molecule has 8 heteroatoms. The van der Waals surface area contributed by atoms with Crippen molar-refractivity contribution < 1.29 is 14.0 Å². The predicted molar refractivity (Wildman–Crippen MR) is 101 cm³/mol. The number of hydrogen-bond acceptors (Lipinski definition) is 4. The third-order valence-electron chi connectivity index (χ3n) is 3.59. The number of aromatic amines is 1. The monoisotopic (exact) mass is 379 g/mol. The van der Waals surface area contributed by atoms with E-state index < -0.39 is 17.6 Å². The van der Waals surface area contributed by atoms with Gasteiger partial charge in [0.15, 0.2) is 0 Å². The molecule has 0 fully saturated rings. The molecule has 0 aliphatic heterocycles. The molecule has 0 aliphatic rings. The van der Waals surface area contributed by atoms with E-state index in [1.54, 1.807) is 30.3 Å². The third-order valence-corrected chi connectivity index (χ3v) is 3.59. The lowest BCUT2D eigenvalue weighted by atomic mass is 10.1. The van der Waals surface area contributed by atoms with Crippen molar-refractivity contribution in [2.24, 2.45) is 5.73 Å². The number of aromatic nitrogens is 2. The van der Waals surface area contributed by atoms with Crippen LogP contribution in [0.25, 0.3) is 11.3 Å². The molecule has 3 aromatic rings. The summed E-state index contributed by atoms with van der Waals surface area (Å²) in [5.41, 5.74) is 6.45. The summed E-state index contributed by atoms with van der Waals surface area (Å²) in [5.74, 6) is -1.41. The molecule has 0 aliphatic carbocycles. The Morgan fingerprint density at radius 2 is 1.82 bits per heavy atom. The van der Waals surface area contributed by atoms with Crippen LogP contribution < -0.4 is 11.1 Å². The van der Waals surface area contributed by atoms with Crippen molar-refractivity contribution >= 4 is 11.8 Å². The van der Waals surface area contributed by atoms with Crippen molar-refractivity contribution in [1.82, 2.24) is 15.5 Å². The number of benzene rings is 2. The van der Waals surface area contributed by atoms with E-state index >= 15 is 0 Å². The molecule has 0 saturated carbocycles. The summed E-state index contributed by atoms with van der Waals surface area (Å²) in [6, 6.07) is 17.2. The van der Waals surface area contributed by atoms with Gasteiger partial charge in [0.05, 0.1) is 29.1 Å². The minimum Gasteiger partial charge on any atom is -0.370 e. The summed E-state index contributed by atoms with van der Waals surface area (Å²) >= 11 is 0. The van der Waals surface area contributed by atoms with Gasteiger partial charge in [-0.3, -0.25) is 14.7 Å². The summed E-state index contributed by atoms with van der Waals surface area (Å²) in [6.07, 6.45) is 1.35. The molecular formula is C20H18FN5O2. The van der Waals surface area contributed by atoms with Gasteiger partial charge in [-0.05, 0) is 24.3 Å². The lowest BCUT2D eigenvalue weighted by Crippen LogP contribution is -2.28. The van der Waals surface area contributed by atoms with Gasteiger partial charge in [-0.1, -0.05) is 30.3 Å². The van der Waals surface area contributed by atoms with Gasteiger partial charge in [0.1, 0.15) is 5.82 Å². The van der Waals surface area contributed by atoms with Crippen molar-refractivity contribution in [2.75, 3.05) is 6.54 Å². The molecule has 0 atom stereocenters. The van der Waals surface area contributed by atoms with Gasteiger partial charge in [-0.2, -0.15) is 10.4 Å². The van der Waals surface area contributed by atoms with Crippen molar-refractivity contribution in [3.05, 3.63) is 77.7 Å². The first-order chi connectivity index (χ1) is 13.5. The Morgan fingerprint density at radius 1 is 1.14 bits per heavy atom. The maximum absolute atomic E-state index is 13.7. The number of carbonyl (C=O) groups excluding carboxylic acids is 2. The second kappa shape index (κ2) is 10.2. The zero-order valence-electron chi connectivity index (χ0n) is 14.9. The quantitative estimate of drug-likeness (QED) is 0.629. The smallest absolute Gasteiger partial charge is 0.255 e. The number of nitrogens with two attached hydrogens (primary N) is 1. The predicted octanol–water partition coefficient (Wildman–Crippen LogP) is 2.38. The topological polar surface area (TPSA) is 125 Å². The molecule has 0 bridgehead atoms. The van der Waals surface area contributed by atoms with Crippen LogP contribution >= 0.6 is 0 Å². The third kappa shape index (κ3) is 5.78. The molecule has 0 spiro atoms. The number of nitrogens with one attached hydrogen (secondary N) is 2. The first kappa shape index (κ1) is 20.3. The molecule has 142 valence electrons. The highest BCUT2D eigenvalue weighted by atomic mass is 19.1. The lowest BCUT2D eigenvalue weighted by Gasteiger charge is -2.05. The minimum absolute atomic E-state index is 0.0403. The summed E-state index contributed by atoms with van der Waals surface area (Å²) in [7, 11) is 0.